The molecule has 5 heteroatoms. The van der Waals surface area contributed by atoms with Gasteiger partial charge in [-0.15, -0.1) is 0 Å². The molecule has 5 nitrogen and oxygen atoms in total. The average Bonchev–Trinajstić information content (AvgIpc) is 2.97. The zero-order valence-corrected chi connectivity index (χ0v) is 11.2. The Hall–Kier alpha value is -2.66. The molecule has 0 amide bonds. The topological polar surface area (TPSA) is 64.4 Å². The van der Waals surface area contributed by atoms with Crippen molar-refractivity contribution in [3.05, 3.63) is 81.9 Å². The van der Waals surface area contributed by atoms with E-state index in [0.29, 0.717) is 0 Å². The van der Waals surface area contributed by atoms with Gasteiger partial charge in [0.2, 0.25) is 0 Å². The van der Waals surface area contributed by atoms with E-state index in [1.54, 1.807) is 12.1 Å². The highest BCUT2D eigenvalue weighted by atomic mass is 16.7. The van der Waals surface area contributed by atoms with Crippen molar-refractivity contribution in [1.29, 1.82) is 0 Å². The van der Waals surface area contributed by atoms with Crippen LogP contribution >= 0.6 is 0 Å². The lowest BCUT2D eigenvalue weighted by Crippen LogP contribution is -2.14. The van der Waals surface area contributed by atoms with Gasteiger partial charge in [-0.2, -0.15) is 0 Å². The zero-order chi connectivity index (χ0) is 14.7. The lowest BCUT2D eigenvalue weighted by Gasteiger charge is -2.07. The first-order chi connectivity index (χ1) is 10.2. The van der Waals surface area contributed by atoms with Crippen LogP contribution < -0.4 is 5.48 Å². The quantitative estimate of drug-likeness (QED) is 0.691. The summed E-state index contributed by atoms with van der Waals surface area (Å²) >= 11 is 0. The third-order valence-electron chi connectivity index (χ3n) is 3.34. The van der Waals surface area contributed by atoms with Crippen molar-refractivity contribution in [3.63, 3.8) is 0 Å². The summed E-state index contributed by atoms with van der Waals surface area (Å²) in [4.78, 5) is 15.8. The van der Waals surface area contributed by atoms with E-state index in [4.69, 9.17) is 4.84 Å². The summed E-state index contributed by atoms with van der Waals surface area (Å²) < 4.78 is 0. The number of nitro groups is 1. The standard InChI is InChI=1S/C16H14N2O3/c19-18(20)14-8-6-13(7-9-14)16-11-15(21-17-16)10-12-4-2-1-3-5-12/h1-9,11,15,17H,10H2. The van der Waals surface area contributed by atoms with E-state index in [1.165, 1.54) is 17.7 Å². The maximum atomic E-state index is 10.6. The van der Waals surface area contributed by atoms with Crippen molar-refractivity contribution in [2.45, 2.75) is 12.5 Å². The summed E-state index contributed by atoms with van der Waals surface area (Å²) in [5.41, 5.74) is 5.88. The van der Waals surface area contributed by atoms with Gasteiger partial charge in [0.25, 0.3) is 5.69 Å². The Kier molecular flexibility index (Phi) is 3.66. The van der Waals surface area contributed by atoms with E-state index < -0.39 is 4.92 Å². The van der Waals surface area contributed by atoms with Gasteiger partial charge in [-0.25, -0.2) is 0 Å². The van der Waals surface area contributed by atoms with Crippen LogP contribution in [0.1, 0.15) is 11.1 Å². The van der Waals surface area contributed by atoms with Crippen LogP contribution in [0.2, 0.25) is 0 Å². The van der Waals surface area contributed by atoms with E-state index in [1.807, 2.05) is 24.3 Å². The lowest BCUT2D eigenvalue weighted by atomic mass is 10.1. The van der Waals surface area contributed by atoms with Gasteiger partial charge in [-0.05, 0) is 23.8 Å². The first-order valence-corrected chi connectivity index (χ1v) is 6.64. The predicted molar refractivity (Wildman–Crippen MR) is 79.2 cm³/mol. The first-order valence-electron chi connectivity index (χ1n) is 6.64. The van der Waals surface area contributed by atoms with Crippen LogP contribution in [0.25, 0.3) is 5.70 Å². The Balaban J connectivity index is 1.72. The molecule has 106 valence electrons. The van der Waals surface area contributed by atoms with Gasteiger partial charge in [0.15, 0.2) is 0 Å². The number of hydrogen-bond acceptors (Lipinski definition) is 4. The van der Waals surface area contributed by atoms with E-state index >= 15 is 0 Å². The molecule has 21 heavy (non-hydrogen) atoms. The molecule has 0 bridgehead atoms. The Morgan fingerprint density at radius 1 is 1.10 bits per heavy atom. The van der Waals surface area contributed by atoms with Crippen LogP contribution in [-0.4, -0.2) is 11.0 Å². The second kappa shape index (κ2) is 5.76. The van der Waals surface area contributed by atoms with Crippen LogP contribution in [0.5, 0.6) is 0 Å². The summed E-state index contributed by atoms with van der Waals surface area (Å²) in [6.07, 6.45) is 2.73. The van der Waals surface area contributed by atoms with Crippen molar-refractivity contribution in [2.24, 2.45) is 0 Å². The molecule has 1 unspecified atom stereocenters. The van der Waals surface area contributed by atoms with Crippen molar-refractivity contribution >= 4 is 11.4 Å². The summed E-state index contributed by atoms with van der Waals surface area (Å²) in [6, 6.07) is 16.5. The number of rotatable bonds is 4. The number of nitrogens with zero attached hydrogens (tertiary/aromatic N) is 1. The fourth-order valence-electron chi connectivity index (χ4n) is 2.26. The number of nitrogens with one attached hydrogen (secondary N) is 1. The van der Waals surface area contributed by atoms with E-state index in [-0.39, 0.29) is 11.8 Å². The molecule has 1 aliphatic heterocycles. The van der Waals surface area contributed by atoms with Gasteiger partial charge in [0, 0.05) is 24.1 Å². The summed E-state index contributed by atoms with van der Waals surface area (Å²) in [7, 11) is 0. The molecule has 0 aromatic heterocycles. The molecule has 0 fully saturated rings. The normalized spacial score (nSPS) is 17.1. The van der Waals surface area contributed by atoms with Crippen molar-refractivity contribution < 1.29 is 9.76 Å². The van der Waals surface area contributed by atoms with Crippen LogP contribution in [0.3, 0.4) is 0 Å². The fourth-order valence-corrected chi connectivity index (χ4v) is 2.26. The number of hydrogen-bond donors (Lipinski definition) is 1. The minimum Gasteiger partial charge on any atom is -0.268 e. The molecule has 0 saturated carbocycles. The Morgan fingerprint density at radius 2 is 1.81 bits per heavy atom. The average molecular weight is 282 g/mol. The van der Waals surface area contributed by atoms with Crippen molar-refractivity contribution in [3.8, 4) is 0 Å². The lowest BCUT2D eigenvalue weighted by molar-refractivity contribution is -0.384. The largest absolute Gasteiger partial charge is 0.269 e. The summed E-state index contributed by atoms with van der Waals surface area (Å²) in [6.45, 7) is 0. The first kappa shape index (κ1) is 13.3. The SMILES string of the molecule is O=[N+]([O-])c1ccc(C2=CC(Cc3ccccc3)ON2)cc1. The number of benzene rings is 2. The van der Waals surface area contributed by atoms with Gasteiger partial charge in [-0.3, -0.25) is 20.4 Å². The minimum atomic E-state index is -0.408. The molecule has 1 aliphatic rings. The molecule has 1 heterocycles. The highest BCUT2D eigenvalue weighted by Gasteiger charge is 2.18. The summed E-state index contributed by atoms with van der Waals surface area (Å²) in [5.74, 6) is 0. The highest BCUT2D eigenvalue weighted by Crippen LogP contribution is 2.22. The molecule has 0 saturated heterocycles. The van der Waals surface area contributed by atoms with Gasteiger partial charge >= 0.3 is 0 Å². The van der Waals surface area contributed by atoms with Gasteiger partial charge in [-0.1, -0.05) is 30.3 Å². The zero-order valence-electron chi connectivity index (χ0n) is 11.2. The molecule has 1 atom stereocenters. The Bertz CT molecular complexity index is 666. The highest BCUT2D eigenvalue weighted by molar-refractivity contribution is 5.65. The smallest absolute Gasteiger partial charge is 0.268 e. The molecule has 0 aliphatic carbocycles. The summed E-state index contributed by atoms with van der Waals surface area (Å²) in [5, 5.41) is 10.6. The maximum Gasteiger partial charge on any atom is 0.269 e. The van der Waals surface area contributed by atoms with Gasteiger partial charge in [0.05, 0.1) is 10.6 Å². The monoisotopic (exact) mass is 282 g/mol. The second-order valence-corrected chi connectivity index (χ2v) is 4.83. The van der Waals surface area contributed by atoms with Gasteiger partial charge in [0.1, 0.15) is 6.10 Å². The predicted octanol–water partition coefficient (Wildman–Crippen LogP) is 3.08. The molecule has 3 rings (SSSR count). The van der Waals surface area contributed by atoms with Crippen LogP contribution in [-0.2, 0) is 11.3 Å². The van der Waals surface area contributed by atoms with E-state index in [2.05, 4.69) is 17.6 Å². The fraction of sp³-hybridized carbons (Fsp3) is 0.125. The number of hydroxylamine groups is 1. The van der Waals surface area contributed by atoms with E-state index in [0.717, 1.165) is 17.7 Å². The second-order valence-electron chi connectivity index (χ2n) is 4.83. The number of non-ortho nitro benzene ring substituents is 1. The molecule has 0 spiro atoms. The molecule has 2 aromatic rings. The van der Waals surface area contributed by atoms with Crippen LogP contribution in [0.15, 0.2) is 60.7 Å². The van der Waals surface area contributed by atoms with Crippen LogP contribution in [0, 0.1) is 10.1 Å². The Morgan fingerprint density at radius 3 is 2.48 bits per heavy atom. The van der Waals surface area contributed by atoms with Crippen molar-refractivity contribution in [2.75, 3.05) is 0 Å². The van der Waals surface area contributed by atoms with Gasteiger partial charge < -0.3 is 0 Å². The Labute approximate surface area is 122 Å². The van der Waals surface area contributed by atoms with Crippen molar-refractivity contribution in [1.82, 2.24) is 5.48 Å². The maximum absolute atomic E-state index is 10.6. The molecule has 0 radical (unpaired) electrons. The molecule has 2 aromatic carbocycles. The van der Waals surface area contributed by atoms with Crippen LogP contribution in [0.4, 0.5) is 5.69 Å². The van der Waals surface area contributed by atoms with E-state index in [9.17, 15) is 10.1 Å². The number of nitro benzene ring substituents is 1. The third kappa shape index (κ3) is 3.09. The minimum absolute atomic E-state index is 0.0439. The molecule has 1 N–H and O–H groups in total. The molecular weight excluding hydrogens is 268 g/mol. The molecular formula is C16H14N2O3. The third-order valence-corrected chi connectivity index (χ3v) is 3.34.